The molecule has 10 nitrogen and oxygen atoms in total. The first kappa shape index (κ1) is 32.6. The van der Waals surface area contributed by atoms with E-state index in [2.05, 4.69) is 24.1 Å². The minimum atomic E-state index is -1.03. The highest BCUT2D eigenvalue weighted by atomic mass is 16.3. The molecule has 1 unspecified atom stereocenters. The summed E-state index contributed by atoms with van der Waals surface area (Å²) in [5.41, 5.74) is 4.84. The number of unbranched alkanes of at least 4 members (excludes halogenated alkanes) is 2. The topological polar surface area (TPSA) is 121 Å². The minimum Gasteiger partial charge on any atom is -0.373 e. The molecule has 0 saturated heterocycles. The second-order valence-electron chi connectivity index (χ2n) is 11.8. The molecule has 0 saturated carbocycles. The molecule has 10 heteroatoms. The van der Waals surface area contributed by atoms with Gasteiger partial charge in [0.15, 0.2) is 5.69 Å². The lowest BCUT2D eigenvalue weighted by Crippen LogP contribution is -2.44. The van der Waals surface area contributed by atoms with E-state index in [0.717, 1.165) is 42.4 Å². The number of nitrogens with one attached hydrogen (secondary N) is 1. The van der Waals surface area contributed by atoms with E-state index < -0.39 is 12.1 Å². The number of anilines is 1. The number of aryl methyl sites for hydroxylation is 1. The number of carbonyl (C=O) groups excluding carboxylic acids is 3. The van der Waals surface area contributed by atoms with Crippen LogP contribution in [0.15, 0.2) is 73.1 Å². The number of aromatic nitrogens is 3. The second kappa shape index (κ2) is 15.0. The molecule has 1 aliphatic heterocycles. The maximum Gasteiger partial charge on any atom is 0.274 e. The highest BCUT2D eigenvalue weighted by molar-refractivity contribution is 6.01. The molecule has 2 aromatic carbocycles. The van der Waals surface area contributed by atoms with Crippen LogP contribution in [0, 0.1) is 6.92 Å². The van der Waals surface area contributed by atoms with Gasteiger partial charge in [-0.3, -0.25) is 19.4 Å². The fraction of sp³-hybridized carbons (Fsp3) is 0.361. The van der Waals surface area contributed by atoms with E-state index in [0.29, 0.717) is 42.3 Å². The van der Waals surface area contributed by atoms with E-state index in [1.165, 1.54) is 4.90 Å². The molecule has 3 heterocycles. The number of pyridine rings is 1. The maximum absolute atomic E-state index is 14.3. The zero-order valence-electron chi connectivity index (χ0n) is 26.8. The molecule has 4 aromatic rings. The van der Waals surface area contributed by atoms with Gasteiger partial charge in [-0.25, -0.2) is 4.68 Å². The van der Waals surface area contributed by atoms with Gasteiger partial charge in [0.1, 0.15) is 6.23 Å². The summed E-state index contributed by atoms with van der Waals surface area (Å²) in [5, 5.41) is 18.7. The second-order valence-corrected chi connectivity index (χ2v) is 11.8. The molecule has 0 bridgehead atoms. The Kier molecular flexibility index (Phi) is 10.6. The Labute approximate surface area is 270 Å². The predicted molar refractivity (Wildman–Crippen MR) is 177 cm³/mol. The molecule has 0 aliphatic carbocycles. The normalized spacial score (nSPS) is 14.1. The zero-order valence-corrected chi connectivity index (χ0v) is 26.8. The van der Waals surface area contributed by atoms with Gasteiger partial charge in [0.05, 0.1) is 17.7 Å². The molecule has 2 aromatic heterocycles. The van der Waals surface area contributed by atoms with Gasteiger partial charge in [-0.1, -0.05) is 57.0 Å². The van der Waals surface area contributed by atoms with Crippen molar-refractivity contribution in [3.8, 4) is 5.69 Å². The first-order valence-corrected chi connectivity index (χ1v) is 16.0. The standard InChI is InChI=1S/C36H42N6O4/c1-4-6-17-40(18-7-5-2)36(46)31-19-25(3)42(39-31)32-15-14-29(38-33(43)20-26-11-10-16-37-23-26)22-30(32)35(45)41-24-28-13-9-8-12-27(28)21-34(41)44/h8-16,19,22-23,34,44H,4-7,17-18,20-21,24H2,1-3H3,(H,38,43). The molecule has 1 aliphatic rings. The van der Waals surface area contributed by atoms with Crippen LogP contribution in [0.25, 0.3) is 5.69 Å². The summed E-state index contributed by atoms with van der Waals surface area (Å²) in [5.74, 6) is -0.803. The van der Waals surface area contributed by atoms with Gasteiger partial charge in [0.25, 0.3) is 11.8 Å². The van der Waals surface area contributed by atoms with Crippen molar-refractivity contribution >= 4 is 23.4 Å². The lowest BCUT2D eigenvalue weighted by molar-refractivity contribution is -0.115. The zero-order chi connectivity index (χ0) is 32.6. The van der Waals surface area contributed by atoms with Crippen molar-refractivity contribution in [2.45, 2.75) is 72.1 Å². The summed E-state index contributed by atoms with van der Waals surface area (Å²) in [6.07, 6.45) is 6.46. The van der Waals surface area contributed by atoms with Gasteiger partial charge in [0, 0.05) is 49.8 Å². The number of rotatable bonds is 12. The number of fused-ring (bicyclic) bond motifs is 1. The van der Waals surface area contributed by atoms with Crippen LogP contribution in [0.5, 0.6) is 0 Å². The SMILES string of the molecule is CCCCN(CCCC)C(=O)c1cc(C)n(-c2ccc(NC(=O)Cc3cccnc3)cc2C(=O)N2Cc3ccccc3CC2O)n1. The van der Waals surface area contributed by atoms with Gasteiger partial charge in [0.2, 0.25) is 5.91 Å². The van der Waals surface area contributed by atoms with Crippen LogP contribution in [-0.4, -0.2) is 66.7 Å². The van der Waals surface area contributed by atoms with Gasteiger partial charge in [-0.15, -0.1) is 0 Å². The molecule has 0 fully saturated rings. The quantitative estimate of drug-likeness (QED) is 0.221. The summed E-state index contributed by atoms with van der Waals surface area (Å²) in [7, 11) is 0. The highest BCUT2D eigenvalue weighted by Crippen LogP contribution is 2.28. The Bertz CT molecular complexity index is 1680. The summed E-state index contributed by atoms with van der Waals surface area (Å²) >= 11 is 0. The van der Waals surface area contributed by atoms with E-state index in [9.17, 15) is 19.5 Å². The fourth-order valence-corrected chi connectivity index (χ4v) is 5.73. The molecule has 2 N–H and O–H groups in total. The summed E-state index contributed by atoms with van der Waals surface area (Å²) < 4.78 is 1.60. The van der Waals surface area contributed by atoms with Crippen molar-refractivity contribution < 1.29 is 19.5 Å². The number of amides is 3. The number of hydrogen-bond donors (Lipinski definition) is 2. The van der Waals surface area contributed by atoms with Gasteiger partial charge >= 0.3 is 0 Å². The number of aliphatic hydroxyl groups excluding tert-OH is 1. The molecule has 3 amide bonds. The lowest BCUT2D eigenvalue weighted by Gasteiger charge is -2.34. The Balaban J connectivity index is 1.49. The van der Waals surface area contributed by atoms with Crippen molar-refractivity contribution in [2.75, 3.05) is 18.4 Å². The van der Waals surface area contributed by atoms with Crippen LogP contribution >= 0.6 is 0 Å². The number of hydrogen-bond acceptors (Lipinski definition) is 6. The van der Waals surface area contributed by atoms with Crippen LogP contribution in [0.4, 0.5) is 5.69 Å². The van der Waals surface area contributed by atoms with Gasteiger partial charge in [-0.05, 0) is 66.8 Å². The lowest BCUT2D eigenvalue weighted by atomic mass is 9.97. The van der Waals surface area contributed by atoms with Crippen molar-refractivity contribution in [3.63, 3.8) is 0 Å². The summed E-state index contributed by atoms with van der Waals surface area (Å²) in [4.78, 5) is 48.1. The predicted octanol–water partition coefficient (Wildman–Crippen LogP) is 5.32. The Morgan fingerprint density at radius 3 is 2.41 bits per heavy atom. The number of benzene rings is 2. The average Bonchev–Trinajstić information content (AvgIpc) is 3.45. The number of carbonyl (C=O) groups is 3. The summed E-state index contributed by atoms with van der Waals surface area (Å²) in [6.45, 7) is 7.60. The molecule has 46 heavy (non-hydrogen) atoms. The number of nitrogens with zero attached hydrogens (tertiary/aromatic N) is 5. The van der Waals surface area contributed by atoms with Crippen LogP contribution in [-0.2, 0) is 24.2 Å². The van der Waals surface area contributed by atoms with E-state index >= 15 is 0 Å². The molecular formula is C36H42N6O4. The number of aliphatic hydroxyl groups is 1. The van der Waals surface area contributed by atoms with Crippen LogP contribution in [0.1, 0.15) is 82.8 Å². The third-order valence-electron chi connectivity index (χ3n) is 8.27. The average molecular weight is 623 g/mol. The van der Waals surface area contributed by atoms with Crippen LogP contribution < -0.4 is 5.32 Å². The molecule has 0 spiro atoms. The van der Waals surface area contributed by atoms with Crippen molar-refractivity contribution in [3.05, 3.63) is 107 Å². The minimum absolute atomic E-state index is 0.122. The van der Waals surface area contributed by atoms with Crippen molar-refractivity contribution in [1.29, 1.82) is 0 Å². The van der Waals surface area contributed by atoms with E-state index in [-0.39, 0.29) is 30.3 Å². The maximum atomic E-state index is 14.3. The highest BCUT2D eigenvalue weighted by Gasteiger charge is 2.31. The van der Waals surface area contributed by atoms with E-state index in [4.69, 9.17) is 5.10 Å². The van der Waals surface area contributed by atoms with Crippen molar-refractivity contribution in [1.82, 2.24) is 24.6 Å². The smallest absolute Gasteiger partial charge is 0.274 e. The van der Waals surface area contributed by atoms with Gasteiger partial charge < -0.3 is 20.2 Å². The first-order valence-electron chi connectivity index (χ1n) is 16.0. The Morgan fingerprint density at radius 2 is 1.72 bits per heavy atom. The Morgan fingerprint density at radius 1 is 0.978 bits per heavy atom. The third-order valence-corrected chi connectivity index (χ3v) is 8.27. The Hall–Kier alpha value is -4.83. The van der Waals surface area contributed by atoms with Crippen LogP contribution in [0.3, 0.4) is 0 Å². The summed E-state index contributed by atoms with van der Waals surface area (Å²) in [6, 6.07) is 18.1. The largest absolute Gasteiger partial charge is 0.373 e. The molecule has 240 valence electrons. The van der Waals surface area contributed by atoms with Gasteiger partial charge in [-0.2, -0.15) is 5.10 Å². The fourth-order valence-electron chi connectivity index (χ4n) is 5.73. The third kappa shape index (κ3) is 7.51. The first-order chi connectivity index (χ1) is 22.3. The van der Waals surface area contributed by atoms with E-state index in [1.807, 2.05) is 42.2 Å². The molecular weight excluding hydrogens is 580 g/mol. The van der Waals surface area contributed by atoms with Crippen LogP contribution in [0.2, 0.25) is 0 Å². The van der Waals surface area contributed by atoms with Crippen molar-refractivity contribution in [2.24, 2.45) is 0 Å². The monoisotopic (exact) mass is 622 g/mol. The van der Waals surface area contributed by atoms with E-state index in [1.54, 1.807) is 47.4 Å². The molecule has 5 rings (SSSR count). The molecule has 0 radical (unpaired) electrons. The molecule has 1 atom stereocenters.